The number of amides is 1. The molecule has 5 nitrogen and oxygen atoms in total. The van der Waals surface area contributed by atoms with Gasteiger partial charge in [-0.3, -0.25) is 9.69 Å². The topological polar surface area (TPSA) is 54.5 Å². The first-order valence-corrected chi connectivity index (χ1v) is 9.04. The number of rotatable bonds is 5. The van der Waals surface area contributed by atoms with E-state index < -0.39 is 0 Å². The molecule has 1 amide bonds. The van der Waals surface area contributed by atoms with Crippen LogP contribution < -0.4 is 5.32 Å². The molecule has 1 aliphatic rings. The maximum atomic E-state index is 12.2. The summed E-state index contributed by atoms with van der Waals surface area (Å²) >= 11 is 1.54. The third kappa shape index (κ3) is 4.87. The number of ether oxygens (including phenoxy) is 1. The summed E-state index contributed by atoms with van der Waals surface area (Å²) in [7, 11) is 0. The highest BCUT2D eigenvalue weighted by molar-refractivity contribution is 7.15. The Morgan fingerprint density at radius 1 is 1.50 bits per heavy atom. The van der Waals surface area contributed by atoms with Crippen molar-refractivity contribution in [2.24, 2.45) is 0 Å². The van der Waals surface area contributed by atoms with E-state index in [1.807, 2.05) is 13.1 Å². The van der Waals surface area contributed by atoms with Crippen molar-refractivity contribution < 1.29 is 9.53 Å². The predicted molar refractivity (Wildman–Crippen MR) is 96.6 cm³/mol. The Morgan fingerprint density at radius 2 is 2.38 bits per heavy atom. The molecule has 2 heterocycles. The average Bonchev–Trinajstić information content (AvgIpc) is 2.94. The minimum absolute atomic E-state index is 0.0134. The van der Waals surface area contributed by atoms with Crippen LogP contribution in [0.15, 0.2) is 30.5 Å². The fourth-order valence-corrected chi connectivity index (χ4v) is 3.73. The van der Waals surface area contributed by atoms with Crippen molar-refractivity contribution in [1.29, 1.82) is 0 Å². The van der Waals surface area contributed by atoms with Gasteiger partial charge >= 0.3 is 0 Å². The van der Waals surface area contributed by atoms with Crippen molar-refractivity contribution >= 4 is 22.4 Å². The second kappa shape index (κ2) is 7.88. The lowest BCUT2D eigenvalue weighted by Crippen LogP contribution is -2.44. The molecule has 0 saturated carbocycles. The van der Waals surface area contributed by atoms with Crippen LogP contribution in [0.2, 0.25) is 0 Å². The molecule has 2 aromatic rings. The Morgan fingerprint density at radius 3 is 3.17 bits per heavy atom. The number of thiazole rings is 1. The highest BCUT2D eigenvalue weighted by Crippen LogP contribution is 2.21. The van der Waals surface area contributed by atoms with Crippen LogP contribution in [-0.4, -0.2) is 48.1 Å². The van der Waals surface area contributed by atoms with Crippen molar-refractivity contribution in [3.63, 3.8) is 0 Å². The lowest BCUT2D eigenvalue weighted by Gasteiger charge is -2.30. The van der Waals surface area contributed by atoms with Gasteiger partial charge in [0.25, 0.3) is 0 Å². The maximum absolute atomic E-state index is 12.2. The summed E-state index contributed by atoms with van der Waals surface area (Å²) in [6.45, 7) is 6.79. The average molecular weight is 345 g/mol. The number of morpholine rings is 1. The van der Waals surface area contributed by atoms with Gasteiger partial charge in [0, 0.05) is 30.6 Å². The molecule has 1 saturated heterocycles. The molecule has 1 atom stereocenters. The van der Waals surface area contributed by atoms with Gasteiger partial charge in [-0.15, -0.1) is 11.3 Å². The van der Waals surface area contributed by atoms with Gasteiger partial charge in [0.2, 0.25) is 5.91 Å². The Labute approximate surface area is 146 Å². The summed E-state index contributed by atoms with van der Waals surface area (Å²) in [6.07, 6.45) is 2.88. The molecule has 1 N–H and O–H groups in total. The number of anilines is 1. The number of hydrogen-bond acceptors (Lipinski definition) is 5. The minimum atomic E-state index is -0.0134. The molecule has 3 rings (SSSR count). The van der Waals surface area contributed by atoms with Crippen LogP contribution in [0.4, 0.5) is 5.13 Å². The summed E-state index contributed by atoms with van der Waals surface area (Å²) in [6, 6.07) is 8.45. The normalized spacial score (nSPS) is 18.5. The SMILES string of the molecule is Cc1cccc(Cc2cnc(NC(=O)CN3CCO[C@@H](C)C3)s2)c1. The van der Waals surface area contributed by atoms with Crippen LogP contribution in [-0.2, 0) is 16.0 Å². The van der Waals surface area contributed by atoms with E-state index in [0.29, 0.717) is 18.3 Å². The zero-order chi connectivity index (χ0) is 16.9. The van der Waals surface area contributed by atoms with Gasteiger partial charge in [-0.1, -0.05) is 29.8 Å². The second-order valence-electron chi connectivity index (χ2n) is 6.26. The lowest BCUT2D eigenvalue weighted by molar-refractivity contribution is -0.119. The molecule has 0 bridgehead atoms. The summed E-state index contributed by atoms with van der Waals surface area (Å²) in [5, 5.41) is 3.58. The zero-order valence-electron chi connectivity index (χ0n) is 14.1. The van der Waals surface area contributed by atoms with E-state index in [1.165, 1.54) is 22.5 Å². The largest absolute Gasteiger partial charge is 0.376 e. The zero-order valence-corrected chi connectivity index (χ0v) is 14.9. The molecule has 0 spiro atoms. The van der Waals surface area contributed by atoms with E-state index in [9.17, 15) is 4.79 Å². The predicted octanol–water partition coefficient (Wildman–Crippen LogP) is 2.70. The molecule has 0 unspecified atom stereocenters. The number of carbonyl (C=O) groups is 1. The molecular formula is C18H23N3O2S. The van der Waals surface area contributed by atoms with Gasteiger partial charge in [-0.05, 0) is 19.4 Å². The quantitative estimate of drug-likeness (QED) is 0.905. The van der Waals surface area contributed by atoms with E-state index in [-0.39, 0.29) is 12.0 Å². The number of nitrogens with zero attached hydrogens (tertiary/aromatic N) is 2. The lowest BCUT2D eigenvalue weighted by atomic mass is 10.1. The Bertz CT molecular complexity index is 701. The highest BCUT2D eigenvalue weighted by Gasteiger charge is 2.19. The van der Waals surface area contributed by atoms with Crippen LogP contribution in [0.1, 0.15) is 22.9 Å². The molecule has 128 valence electrons. The maximum Gasteiger partial charge on any atom is 0.240 e. The van der Waals surface area contributed by atoms with Crippen molar-refractivity contribution in [1.82, 2.24) is 9.88 Å². The van der Waals surface area contributed by atoms with E-state index in [4.69, 9.17) is 4.74 Å². The summed E-state index contributed by atoms with van der Waals surface area (Å²) in [4.78, 5) is 19.8. The van der Waals surface area contributed by atoms with Crippen molar-refractivity contribution in [2.45, 2.75) is 26.4 Å². The Balaban J connectivity index is 1.52. The number of aryl methyl sites for hydroxylation is 1. The second-order valence-corrected chi connectivity index (χ2v) is 7.38. The Hall–Kier alpha value is -1.76. The Kier molecular flexibility index (Phi) is 5.60. The third-order valence-corrected chi connectivity index (χ3v) is 4.87. The molecule has 1 fully saturated rings. The highest BCUT2D eigenvalue weighted by atomic mass is 32.1. The monoisotopic (exact) mass is 345 g/mol. The first-order valence-electron chi connectivity index (χ1n) is 8.22. The van der Waals surface area contributed by atoms with Crippen molar-refractivity contribution in [3.8, 4) is 0 Å². The van der Waals surface area contributed by atoms with Crippen molar-refractivity contribution in [2.75, 3.05) is 31.6 Å². The number of hydrogen-bond donors (Lipinski definition) is 1. The number of carbonyl (C=O) groups excluding carboxylic acids is 1. The number of aromatic nitrogens is 1. The van der Waals surface area contributed by atoms with Crippen LogP contribution in [0, 0.1) is 6.92 Å². The first-order chi connectivity index (χ1) is 11.6. The van der Waals surface area contributed by atoms with Crippen LogP contribution in [0.25, 0.3) is 0 Å². The molecular weight excluding hydrogens is 322 g/mol. The smallest absolute Gasteiger partial charge is 0.240 e. The van der Waals surface area contributed by atoms with E-state index in [0.717, 1.165) is 24.4 Å². The number of benzene rings is 1. The molecule has 1 aromatic carbocycles. The molecule has 0 aliphatic carbocycles. The summed E-state index contributed by atoms with van der Waals surface area (Å²) in [5.41, 5.74) is 2.52. The third-order valence-electron chi connectivity index (χ3n) is 3.95. The molecule has 24 heavy (non-hydrogen) atoms. The van der Waals surface area contributed by atoms with Gasteiger partial charge in [-0.25, -0.2) is 4.98 Å². The fourth-order valence-electron chi connectivity index (χ4n) is 2.87. The molecule has 1 aromatic heterocycles. The van der Waals surface area contributed by atoms with Gasteiger partial charge < -0.3 is 10.1 Å². The van der Waals surface area contributed by atoms with E-state index in [2.05, 4.69) is 46.4 Å². The standard InChI is InChI=1S/C18H23N3O2S/c1-13-4-3-5-15(8-13)9-16-10-19-18(24-16)20-17(22)12-21-6-7-23-14(2)11-21/h3-5,8,10,14H,6-7,9,11-12H2,1-2H3,(H,19,20,22)/t14-/m0/s1. The van der Waals surface area contributed by atoms with Crippen molar-refractivity contribution in [3.05, 3.63) is 46.5 Å². The fraction of sp³-hybridized carbons (Fsp3) is 0.444. The molecule has 6 heteroatoms. The number of nitrogens with one attached hydrogen (secondary N) is 1. The summed E-state index contributed by atoms with van der Waals surface area (Å²) < 4.78 is 5.49. The first kappa shape index (κ1) is 17.1. The van der Waals surface area contributed by atoms with Crippen LogP contribution >= 0.6 is 11.3 Å². The van der Waals surface area contributed by atoms with E-state index in [1.54, 1.807) is 0 Å². The van der Waals surface area contributed by atoms with E-state index >= 15 is 0 Å². The van der Waals surface area contributed by atoms with Crippen LogP contribution in [0.3, 0.4) is 0 Å². The minimum Gasteiger partial charge on any atom is -0.376 e. The van der Waals surface area contributed by atoms with Gasteiger partial charge in [0.05, 0.1) is 19.3 Å². The van der Waals surface area contributed by atoms with Gasteiger partial charge in [0.1, 0.15) is 0 Å². The van der Waals surface area contributed by atoms with Crippen LogP contribution in [0.5, 0.6) is 0 Å². The molecule has 0 radical (unpaired) electrons. The molecule has 1 aliphatic heterocycles. The van der Waals surface area contributed by atoms with Gasteiger partial charge in [0.15, 0.2) is 5.13 Å². The van der Waals surface area contributed by atoms with Gasteiger partial charge in [-0.2, -0.15) is 0 Å². The summed E-state index contributed by atoms with van der Waals surface area (Å²) in [5.74, 6) is -0.0134.